The number of H-pyrrole nitrogens is 1. The molecular formula is C32H32FN3O3S. The van der Waals surface area contributed by atoms with Gasteiger partial charge in [0, 0.05) is 41.4 Å². The maximum absolute atomic E-state index is 13.8. The number of methoxy groups -OCH3 is 1. The van der Waals surface area contributed by atoms with E-state index in [-0.39, 0.29) is 17.1 Å². The molecule has 8 heteroatoms. The normalized spacial score (nSPS) is 14.7. The predicted molar refractivity (Wildman–Crippen MR) is 158 cm³/mol. The van der Waals surface area contributed by atoms with E-state index in [1.807, 2.05) is 36.0 Å². The van der Waals surface area contributed by atoms with Gasteiger partial charge in [0.2, 0.25) is 0 Å². The van der Waals surface area contributed by atoms with Crippen molar-refractivity contribution in [2.24, 2.45) is 5.92 Å². The van der Waals surface area contributed by atoms with Crippen LogP contribution < -0.4 is 10.1 Å². The molecule has 1 unspecified atom stereocenters. The van der Waals surface area contributed by atoms with Crippen molar-refractivity contribution in [1.29, 1.82) is 0 Å². The van der Waals surface area contributed by atoms with Gasteiger partial charge in [-0.3, -0.25) is 9.59 Å². The molecule has 40 heavy (non-hydrogen) atoms. The molecule has 0 saturated carbocycles. The van der Waals surface area contributed by atoms with Gasteiger partial charge in [0.25, 0.3) is 5.91 Å². The Labute approximate surface area is 237 Å². The number of carbonyl (C=O) groups excluding carboxylic acids is 2. The first-order chi connectivity index (χ1) is 19.3. The number of aromatic amines is 1. The average Bonchev–Trinajstić information content (AvgIpc) is 3.31. The van der Waals surface area contributed by atoms with Crippen LogP contribution in [0.2, 0.25) is 0 Å². The third-order valence-electron chi connectivity index (χ3n) is 7.02. The van der Waals surface area contributed by atoms with E-state index in [0.717, 1.165) is 45.8 Å². The van der Waals surface area contributed by atoms with E-state index < -0.39 is 11.7 Å². The largest absolute Gasteiger partial charge is 0.494 e. The Morgan fingerprint density at radius 3 is 2.70 bits per heavy atom. The van der Waals surface area contributed by atoms with Crippen molar-refractivity contribution < 1.29 is 18.7 Å². The van der Waals surface area contributed by atoms with Gasteiger partial charge in [0.05, 0.1) is 12.8 Å². The second-order valence-corrected chi connectivity index (χ2v) is 11.9. The summed E-state index contributed by atoms with van der Waals surface area (Å²) < 4.78 is 18.8. The molecular weight excluding hydrogens is 525 g/mol. The molecule has 1 aliphatic rings. The van der Waals surface area contributed by atoms with Gasteiger partial charge >= 0.3 is 0 Å². The molecule has 0 fully saturated rings. The highest BCUT2D eigenvalue weighted by Crippen LogP contribution is 2.37. The van der Waals surface area contributed by atoms with Crippen molar-refractivity contribution in [3.8, 4) is 17.0 Å². The first-order valence-corrected chi connectivity index (χ1v) is 14.4. The summed E-state index contributed by atoms with van der Waals surface area (Å²) in [6.07, 6.45) is 3.61. The highest BCUT2D eigenvalue weighted by atomic mass is 32.2. The predicted octanol–water partition coefficient (Wildman–Crippen LogP) is 6.95. The Hall–Kier alpha value is -3.91. The summed E-state index contributed by atoms with van der Waals surface area (Å²) >= 11 is 1.89. The number of Topliss-reactive ketones (excluding diaryl/α,β-unsaturated/α-hetero) is 1. The van der Waals surface area contributed by atoms with E-state index in [4.69, 9.17) is 4.74 Å². The lowest BCUT2D eigenvalue weighted by molar-refractivity contribution is 0.0952. The third kappa shape index (κ3) is 6.12. The van der Waals surface area contributed by atoms with E-state index in [1.54, 1.807) is 12.3 Å². The highest BCUT2D eigenvalue weighted by Gasteiger charge is 2.31. The van der Waals surface area contributed by atoms with Gasteiger partial charge in [-0.15, -0.1) is 0 Å². The molecule has 2 N–H and O–H groups in total. The van der Waals surface area contributed by atoms with Crippen LogP contribution in [0.3, 0.4) is 0 Å². The monoisotopic (exact) mass is 557 g/mol. The number of nitrogens with one attached hydrogen (secondary N) is 2. The number of amides is 1. The molecule has 1 aliphatic carbocycles. The van der Waals surface area contributed by atoms with Crippen LogP contribution in [0.5, 0.6) is 5.75 Å². The van der Waals surface area contributed by atoms with Crippen LogP contribution >= 0.6 is 11.8 Å². The SMILES string of the molecule is COc1cc(C(=O)Nc2cc(-c3[nH]c4c(c3Cc3ccccc3)C(=O)CC(CSC(C)C)C4)ccn2)ccc1F. The zero-order valence-corrected chi connectivity index (χ0v) is 23.6. The first-order valence-electron chi connectivity index (χ1n) is 13.4. The van der Waals surface area contributed by atoms with Crippen molar-refractivity contribution in [1.82, 2.24) is 9.97 Å². The molecule has 0 bridgehead atoms. The van der Waals surface area contributed by atoms with Crippen molar-refractivity contribution in [2.75, 3.05) is 18.2 Å². The molecule has 2 heterocycles. The smallest absolute Gasteiger partial charge is 0.256 e. The van der Waals surface area contributed by atoms with Gasteiger partial charge in [-0.25, -0.2) is 9.37 Å². The number of pyridine rings is 1. The maximum atomic E-state index is 13.8. The van der Waals surface area contributed by atoms with Gasteiger partial charge in [-0.1, -0.05) is 44.2 Å². The van der Waals surface area contributed by atoms with E-state index in [0.29, 0.717) is 29.8 Å². The van der Waals surface area contributed by atoms with Crippen LogP contribution in [0, 0.1) is 11.7 Å². The molecule has 0 radical (unpaired) electrons. The first kappa shape index (κ1) is 27.6. The maximum Gasteiger partial charge on any atom is 0.256 e. The summed E-state index contributed by atoms with van der Waals surface area (Å²) in [7, 11) is 1.35. The fraction of sp³-hybridized carbons (Fsp3) is 0.281. The minimum Gasteiger partial charge on any atom is -0.494 e. The van der Waals surface area contributed by atoms with Crippen LogP contribution in [-0.4, -0.2) is 39.8 Å². The van der Waals surface area contributed by atoms with Crippen LogP contribution in [0.25, 0.3) is 11.3 Å². The minimum atomic E-state index is -0.541. The summed E-state index contributed by atoms with van der Waals surface area (Å²) in [4.78, 5) is 34.3. The summed E-state index contributed by atoms with van der Waals surface area (Å²) in [5.74, 6) is 0.790. The van der Waals surface area contributed by atoms with E-state index in [1.165, 1.54) is 25.3 Å². The van der Waals surface area contributed by atoms with Crippen molar-refractivity contribution in [3.05, 3.63) is 101 Å². The zero-order chi connectivity index (χ0) is 28.2. The number of ketones is 1. The van der Waals surface area contributed by atoms with Gasteiger partial charge in [0.15, 0.2) is 17.3 Å². The lowest BCUT2D eigenvalue weighted by Gasteiger charge is -2.22. The highest BCUT2D eigenvalue weighted by molar-refractivity contribution is 7.99. The molecule has 5 rings (SSSR count). The Kier molecular flexibility index (Phi) is 8.35. The number of aromatic nitrogens is 2. The lowest BCUT2D eigenvalue weighted by Crippen LogP contribution is -2.22. The summed E-state index contributed by atoms with van der Waals surface area (Å²) in [6.45, 7) is 4.36. The Morgan fingerprint density at radius 1 is 1.15 bits per heavy atom. The van der Waals surface area contributed by atoms with Gasteiger partial charge in [0.1, 0.15) is 5.82 Å². The summed E-state index contributed by atoms with van der Waals surface area (Å²) in [5.41, 5.74) is 5.79. The van der Waals surface area contributed by atoms with Crippen molar-refractivity contribution >= 4 is 29.3 Å². The number of nitrogens with zero attached hydrogens (tertiary/aromatic N) is 1. The van der Waals surface area contributed by atoms with Gasteiger partial charge in [-0.2, -0.15) is 11.8 Å². The van der Waals surface area contributed by atoms with Crippen molar-refractivity contribution in [2.45, 2.75) is 38.4 Å². The molecule has 206 valence electrons. The number of rotatable bonds is 9. The lowest BCUT2D eigenvalue weighted by atomic mass is 9.84. The quantitative estimate of drug-likeness (QED) is 0.233. The number of benzene rings is 2. The number of halogens is 1. The second kappa shape index (κ2) is 12.1. The average molecular weight is 558 g/mol. The van der Waals surface area contributed by atoms with E-state index >= 15 is 0 Å². The zero-order valence-electron chi connectivity index (χ0n) is 22.8. The van der Waals surface area contributed by atoms with Gasteiger partial charge < -0.3 is 15.0 Å². The van der Waals surface area contributed by atoms with E-state index in [2.05, 4.69) is 41.3 Å². The molecule has 0 aliphatic heterocycles. The second-order valence-electron chi connectivity index (χ2n) is 10.3. The number of hydrogen-bond donors (Lipinski definition) is 2. The number of fused-ring (bicyclic) bond motifs is 1. The standard InChI is InChI=1S/C32H32FN3O3S/c1-19(2)40-18-21-14-26-30(27(37)15-21)24(13-20-7-5-4-6-8-20)31(35-26)22-11-12-34-29(17-22)36-32(38)23-9-10-25(33)28(16-23)39-3/h4-12,16-17,19,21,35H,13-15,18H2,1-3H3,(H,34,36,38). The topological polar surface area (TPSA) is 84.1 Å². The fourth-order valence-corrected chi connectivity index (χ4v) is 6.02. The molecule has 2 aromatic heterocycles. The van der Waals surface area contributed by atoms with Crippen LogP contribution in [0.4, 0.5) is 10.2 Å². The number of carbonyl (C=O) groups is 2. The molecule has 4 aromatic rings. The molecule has 2 aromatic carbocycles. The number of thioether (sulfide) groups is 1. The van der Waals surface area contributed by atoms with Gasteiger partial charge in [-0.05, 0) is 64.8 Å². The third-order valence-corrected chi connectivity index (χ3v) is 8.35. The number of anilines is 1. The summed E-state index contributed by atoms with van der Waals surface area (Å²) in [5, 5.41) is 3.32. The van der Waals surface area contributed by atoms with Crippen molar-refractivity contribution in [3.63, 3.8) is 0 Å². The molecule has 6 nitrogen and oxygen atoms in total. The summed E-state index contributed by atoms with van der Waals surface area (Å²) in [6, 6.07) is 17.7. The fourth-order valence-electron chi connectivity index (χ4n) is 5.12. The Bertz CT molecular complexity index is 1530. The van der Waals surface area contributed by atoms with Crippen LogP contribution in [0.15, 0.2) is 66.9 Å². The number of ether oxygens (including phenoxy) is 1. The van der Waals surface area contributed by atoms with Crippen LogP contribution in [0.1, 0.15) is 57.8 Å². The Morgan fingerprint density at radius 2 is 1.95 bits per heavy atom. The number of hydrogen-bond acceptors (Lipinski definition) is 5. The minimum absolute atomic E-state index is 0.00774. The van der Waals surface area contributed by atoms with Crippen LogP contribution in [-0.2, 0) is 12.8 Å². The molecule has 0 saturated heterocycles. The molecule has 1 atom stereocenters. The Balaban J connectivity index is 1.48. The molecule has 1 amide bonds. The van der Waals surface area contributed by atoms with E-state index in [9.17, 15) is 14.0 Å². The molecule has 0 spiro atoms.